The molecule has 0 N–H and O–H groups in total. The third-order valence-electron chi connectivity index (χ3n) is 1.85. The van der Waals surface area contributed by atoms with Crippen molar-refractivity contribution in [2.75, 3.05) is 0 Å². The van der Waals surface area contributed by atoms with Crippen molar-refractivity contribution in [3.8, 4) is 0 Å². The third-order valence-corrected chi connectivity index (χ3v) is 1.85. The Balaban J connectivity index is 3.43. The van der Waals surface area contributed by atoms with Gasteiger partial charge < -0.3 is 0 Å². The highest BCUT2D eigenvalue weighted by molar-refractivity contribution is 5.49. The van der Waals surface area contributed by atoms with Gasteiger partial charge in [0.1, 0.15) is 11.4 Å². The number of nitro benzene ring substituents is 2. The summed E-state index contributed by atoms with van der Waals surface area (Å²) in [5.41, 5.74) is -2.60. The van der Waals surface area contributed by atoms with Crippen LogP contribution in [0.5, 0.6) is 0 Å². The van der Waals surface area contributed by atoms with Gasteiger partial charge in [0.05, 0.1) is 22.0 Å². The second-order valence-corrected chi connectivity index (χ2v) is 2.93. The largest absolute Gasteiger partial charge is 0.289 e. The number of halogens is 1. The smallest absolute Gasteiger partial charge is 0.264 e. The first kappa shape index (κ1) is 12.4. The predicted octanol–water partition coefficient (Wildman–Crippen LogP) is 1.42. The lowest BCUT2D eigenvalue weighted by Crippen LogP contribution is -2.06. The first-order chi connectivity index (χ1) is 7.82. The van der Waals surface area contributed by atoms with E-state index in [-0.39, 0.29) is 0 Å². The van der Waals surface area contributed by atoms with Gasteiger partial charge in [-0.1, -0.05) is 0 Å². The van der Waals surface area contributed by atoms with Gasteiger partial charge in [-0.25, -0.2) is 4.39 Å². The molecule has 0 aliphatic heterocycles. The first-order valence-corrected chi connectivity index (χ1v) is 4.06. The standard InChI is InChI=1S/C7H4FN3O6/c8-6-1-4(10(14)15)2-7(11(16)17)5(6)3-9(12)13/h1-2H,3H2. The van der Waals surface area contributed by atoms with E-state index in [0.29, 0.717) is 12.1 Å². The fourth-order valence-electron chi connectivity index (χ4n) is 1.16. The zero-order valence-electron chi connectivity index (χ0n) is 8.03. The molecule has 90 valence electrons. The second-order valence-electron chi connectivity index (χ2n) is 2.93. The minimum atomic E-state index is -1.34. The van der Waals surface area contributed by atoms with Gasteiger partial charge >= 0.3 is 0 Å². The van der Waals surface area contributed by atoms with E-state index in [4.69, 9.17) is 0 Å². The van der Waals surface area contributed by atoms with Gasteiger partial charge in [-0.05, 0) is 0 Å². The average molecular weight is 245 g/mol. The van der Waals surface area contributed by atoms with Crippen molar-refractivity contribution >= 4 is 11.4 Å². The number of nitro groups is 3. The van der Waals surface area contributed by atoms with Crippen molar-refractivity contribution in [2.24, 2.45) is 0 Å². The monoisotopic (exact) mass is 245 g/mol. The second kappa shape index (κ2) is 4.47. The number of hydrogen-bond donors (Lipinski definition) is 0. The van der Waals surface area contributed by atoms with E-state index >= 15 is 0 Å². The molecule has 17 heavy (non-hydrogen) atoms. The maximum atomic E-state index is 13.3. The molecule has 0 saturated carbocycles. The molecule has 9 nitrogen and oxygen atoms in total. The lowest BCUT2D eigenvalue weighted by Gasteiger charge is -2.00. The first-order valence-electron chi connectivity index (χ1n) is 4.06. The van der Waals surface area contributed by atoms with Crippen molar-refractivity contribution in [2.45, 2.75) is 6.54 Å². The lowest BCUT2D eigenvalue weighted by atomic mass is 10.1. The van der Waals surface area contributed by atoms with Crippen molar-refractivity contribution in [3.63, 3.8) is 0 Å². The van der Waals surface area contributed by atoms with Crippen LogP contribution in [0.2, 0.25) is 0 Å². The Hall–Kier alpha value is -2.65. The zero-order chi connectivity index (χ0) is 13.2. The average Bonchev–Trinajstić information content (AvgIpc) is 2.19. The molecule has 0 atom stereocenters. The van der Waals surface area contributed by atoms with E-state index in [1.54, 1.807) is 0 Å². The molecule has 0 saturated heterocycles. The van der Waals surface area contributed by atoms with Gasteiger partial charge in [0.2, 0.25) is 6.54 Å². The van der Waals surface area contributed by atoms with E-state index in [1.165, 1.54) is 0 Å². The summed E-state index contributed by atoms with van der Waals surface area (Å²) >= 11 is 0. The molecule has 0 aliphatic carbocycles. The van der Waals surface area contributed by atoms with E-state index in [0.717, 1.165) is 0 Å². The highest BCUT2D eigenvalue weighted by Crippen LogP contribution is 2.28. The van der Waals surface area contributed by atoms with Crippen LogP contribution in [0.3, 0.4) is 0 Å². The van der Waals surface area contributed by atoms with Crippen LogP contribution >= 0.6 is 0 Å². The molecule has 0 radical (unpaired) electrons. The van der Waals surface area contributed by atoms with Gasteiger partial charge in [0.15, 0.2) is 0 Å². The van der Waals surface area contributed by atoms with Gasteiger partial charge in [0, 0.05) is 4.92 Å². The molecule has 0 heterocycles. The van der Waals surface area contributed by atoms with E-state index < -0.39 is 44.1 Å². The zero-order valence-corrected chi connectivity index (χ0v) is 8.03. The van der Waals surface area contributed by atoms with Crippen LogP contribution in [0.4, 0.5) is 15.8 Å². The van der Waals surface area contributed by atoms with Crippen molar-refractivity contribution in [3.05, 3.63) is 53.9 Å². The number of hydrogen-bond acceptors (Lipinski definition) is 6. The van der Waals surface area contributed by atoms with E-state index in [9.17, 15) is 34.7 Å². The topological polar surface area (TPSA) is 129 Å². The molecule has 10 heteroatoms. The van der Waals surface area contributed by atoms with Gasteiger partial charge in [-0.2, -0.15) is 0 Å². The van der Waals surface area contributed by atoms with E-state index in [2.05, 4.69) is 0 Å². The summed E-state index contributed by atoms with van der Waals surface area (Å²) in [6.45, 7) is -1.11. The van der Waals surface area contributed by atoms with Crippen LogP contribution in [-0.2, 0) is 6.54 Å². The summed E-state index contributed by atoms with van der Waals surface area (Å²) in [6, 6.07) is 0.897. The molecule has 0 bridgehead atoms. The SMILES string of the molecule is O=[N+]([O-])Cc1c(F)cc([N+](=O)[O-])cc1[N+](=O)[O-]. The van der Waals surface area contributed by atoms with Crippen LogP contribution in [0.15, 0.2) is 12.1 Å². The molecule has 0 spiro atoms. The normalized spacial score (nSPS) is 9.94. The van der Waals surface area contributed by atoms with Gasteiger partial charge in [-0.15, -0.1) is 0 Å². The highest BCUT2D eigenvalue weighted by atomic mass is 19.1. The van der Waals surface area contributed by atoms with Crippen LogP contribution < -0.4 is 0 Å². The summed E-state index contributed by atoms with van der Waals surface area (Å²) < 4.78 is 13.3. The fraction of sp³-hybridized carbons (Fsp3) is 0.143. The molecular formula is C7H4FN3O6. The molecule has 0 aromatic heterocycles. The fourth-order valence-corrected chi connectivity index (χ4v) is 1.16. The Labute approximate surface area is 91.9 Å². The summed E-state index contributed by atoms with van der Waals surface area (Å²) in [5.74, 6) is -1.34. The summed E-state index contributed by atoms with van der Waals surface area (Å²) in [5, 5.41) is 31.1. The Bertz CT molecular complexity index is 517. The number of non-ortho nitro benzene ring substituents is 1. The Kier molecular flexibility index (Phi) is 3.26. The van der Waals surface area contributed by atoms with Crippen LogP contribution in [0.1, 0.15) is 5.56 Å². The highest BCUT2D eigenvalue weighted by Gasteiger charge is 2.27. The minimum Gasteiger partial charge on any atom is -0.264 e. The van der Waals surface area contributed by atoms with Crippen molar-refractivity contribution < 1.29 is 19.2 Å². The van der Waals surface area contributed by atoms with Gasteiger partial charge in [-0.3, -0.25) is 30.3 Å². The number of nitrogens with zero attached hydrogens (tertiary/aromatic N) is 3. The number of benzene rings is 1. The summed E-state index contributed by atoms with van der Waals surface area (Å²) in [4.78, 5) is 28.0. The Morgan fingerprint density at radius 2 is 1.65 bits per heavy atom. The lowest BCUT2D eigenvalue weighted by molar-refractivity contribution is -0.499. The van der Waals surface area contributed by atoms with Gasteiger partial charge in [0.25, 0.3) is 11.4 Å². The number of rotatable bonds is 4. The van der Waals surface area contributed by atoms with Crippen molar-refractivity contribution in [1.29, 1.82) is 0 Å². The maximum Gasteiger partial charge on any atom is 0.289 e. The predicted molar refractivity (Wildman–Crippen MR) is 50.4 cm³/mol. The van der Waals surface area contributed by atoms with Crippen LogP contribution in [-0.4, -0.2) is 14.8 Å². The maximum absolute atomic E-state index is 13.3. The molecule has 1 aromatic carbocycles. The summed E-state index contributed by atoms with van der Waals surface area (Å²) in [7, 11) is 0. The summed E-state index contributed by atoms with van der Waals surface area (Å²) in [6.07, 6.45) is 0. The minimum absolute atomic E-state index is 0.409. The van der Waals surface area contributed by atoms with Crippen molar-refractivity contribution in [1.82, 2.24) is 0 Å². The van der Waals surface area contributed by atoms with Crippen LogP contribution in [0.25, 0.3) is 0 Å². The van der Waals surface area contributed by atoms with Crippen LogP contribution in [0, 0.1) is 36.2 Å². The Morgan fingerprint density at radius 3 is 2.06 bits per heavy atom. The van der Waals surface area contributed by atoms with E-state index in [1.807, 2.05) is 0 Å². The molecule has 0 amide bonds. The third kappa shape index (κ3) is 2.68. The molecule has 1 aromatic rings. The Morgan fingerprint density at radius 1 is 1.06 bits per heavy atom. The molecule has 0 unspecified atom stereocenters. The molecule has 0 fully saturated rings. The molecular weight excluding hydrogens is 241 g/mol. The molecule has 0 aliphatic rings. The quantitative estimate of drug-likeness (QED) is 0.582. The molecule has 1 rings (SSSR count).